The first-order valence-corrected chi connectivity index (χ1v) is 2.72. The number of nitrogen functional groups attached to an aromatic ring is 1. The van der Waals surface area contributed by atoms with E-state index in [1.807, 2.05) is 7.85 Å². The number of anilines is 1. The Labute approximate surface area is 54.1 Å². The monoisotopic (exact) mass is 123 g/mol. The van der Waals surface area contributed by atoms with Crippen LogP contribution in [-0.4, -0.2) is 7.85 Å². The normalized spacial score (nSPS) is 9.44. The van der Waals surface area contributed by atoms with E-state index in [0.29, 0.717) is 5.69 Å². The lowest BCUT2D eigenvalue weighted by atomic mass is 9.94. The molecule has 3 heteroatoms. The summed E-state index contributed by atoms with van der Waals surface area (Å²) in [6.45, 7) is 0. The van der Waals surface area contributed by atoms with Gasteiger partial charge in [0.25, 0.3) is 0 Å². The molecule has 0 unspecified atom stereocenters. The SMILES string of the molecule is Bc1ccc(F)cc1N. The third kappa shape index (κ3) is 1.22. The molecular weight excluding hydrogens is 116 g/mol. The molecular formula is C6H7BFN. The Hall–Kier alpha value is -0.985. The summed E-state index contributed by atoms with van der Waals surface area (Å²) in [5.74, 6) is -0.280. The zero-order valence-electron chi connectivity index (χ0n) is 5.19. The lowest BCUT2D eigenvalue weighted by molar-refractivity contribution is 0.629. The van der Waals surface area contributed by atoms with E-state index in [4.69, 9.17) is 5.73 Å². The van der Waals surface area contributed by atoms with Crippen molar-refractivity contribution < 1.29 is 4.39 Å². The molecule has 9 heavy (non-hydrogen) atoms. The van der Waals surface area contributed by atoms with Crippen molar-refractivity contribution in [2.45, 2.75) is 0 Å². The van der Waals surface area contributed by atoms with E-state index in [2.05, 4.69) is 0 Å². The summed E-state index contributed by atoms with van der Waals surface area (Å²) >= 11 is 0. The highest BCUT2D eigenvalue weighted by atomic mass is 19.1. The fourth-order valence-corrected chi connectivity index (χ4v) is 0.611. The van der Waals surface area contributed by atoms with Crippen LogP contribution < -0.4 is 11.2 Å². The van der Waals surface area contributed by atoms with Gasteiger partial charge in [0.1, 0.15) is 13.7 Å². The third-order valence-corrected chi connectivity index (χ3v) is 1.24. The van der Waals surface area contributed by atoms with Crippen LogP contribution in [0.2, 0.25) is 0 Å². The summed E-state index contributed by atoms with van der Waals surface area (Å²) in [5, 5.41) is 0. The highest BCUT2D eigenvalue weighted by molar-refractivity contribution is 6.35. The number of hydrogen-bond donors (Lipinski definition) is 1. The molecule has 0 saturated heterocycles. The zero-order chi connectivity index (χ0) is 6.85. The number of nitrogens with two attached hydrogens (primary N) is 1. The van der Waals surface area contributed by atoms with Crippen molar-refractivity contribution in [3.63, 3.8) is 0 Å². The van der Waals surface area contributed by atoms with Crippen molar-refractivity contribution in [2.75, 3.05) is 5.73 Å². The van der Waals surface area contributed by atoms with Gasteiger partial charge in [-0.15, -0.1) is 0 Å². The molecule has 1 nitrogen and oxygen atoms in total. The predicted octanol–water partition coefficient (Wildman–Crippen LogP) is -0.334. The predicted molar refractivity (Wildman–Crippen MR) is 39.0 cm³/mol. The first-order chi connectivity index (χ1) is 4.20. The van der Waals surface area contributed by atoms with E-state index in [1.165, 1.54) is 12.1 Å². The Bertz CT molecular complexity index is 224. The Kier molecular flexibility index (Phi) is 1.43. The van der Waals surface area contributed by atoms with E-state index in [0.717, 1.165) is 5.46 Å². The minimum Gasteiger partial charge on any atom is -0.399 e. The molecule has 0 aromatic heterocycles. The Morgan fingerprint density at radius 2 is 2.11 bits per heavy atom. The molecule has 46 valence electrons. The van der Waals surface area contributed by atoms with Crippen LogP contribution in [0.1, 0.15) is 0 Å². The highest BCUT2D eigenvalue weighted by Gasteiger charge is 1.92. The number of halogens is 1. The molecule has 0 aliphatic heterocycles. The van der Waals surface area contributed by atoms with Crippen molar-refractivity contribution >= 4 is 19.0 Å². The van der Waals surface area contributed by atoms with E-state index in [1.54, 1.807) is 6.07 Å². The molecule has 0 atom stereocenters. The maximum absolute atomic E-state index is 12.3. The minimum absolute atomic E-state index is 0.280. The fraction of sp³-hybridized carbons (Fsp3) is 0. The van der Waals surface area contributed by atoms with E-state index < -0.39 is 0 Å². The standard InChI is InChI=1S/C6H7BFN/c7-5-2-1-4(8)3-6(5)9/h1-3H,7,9H2. The molecule has 1 aromatic rings. The number of benzene rings is 1. The van der Waals surface area contributed by atoms with Crippen LogP contribution in [0.25, 0.3) is 0 Å². The second kappa shape index (κ2) is 2.09. The van der Waals surface area contributed by atoms with Gasteiger partial charge in [-0.25, -0.2) is 4.39 Å². The van der Waals surface area contributed by atoms with Gasteiger partial charge < -0.3 is 5.73 Å². The summed E-state index contributed by atoms with van der Waals surface area (Å²) in [5.41, 5.74) is 6.80. The van der Waals surface area contributed by atoms with Crippen LogP contribution >= 0.6 is 0 Å². The van der Waals surface area contributed by atoms with Crippen LogP contribution in [0.3, 0.4) is 0 Å². The van der Waals surface area contributed by atoms with Crippen molar-refractivity contribution in [2.24, 2.45) is 0 Å². The summed E-state index contributed by atoms with van der Waals surface area (Å²) in [6, 6.07) is 4.37. The topological polar surface area (TPSA) is 26.0 Å². The smallest absolute Gasteiger partial charge is 0.142 e. The second-order valence-electron chi connectivity index (χ2n) is 2.00. The molecule has 0 spiro atoms. The van der Waals surface area contributed by atoms with Gasteiger partial charge in [0.05, 0.1) is 0 Å². The highest BCUT2D eigenvalue weighted by Crippen LogP contribution is 1.99. The maximum atomic E-state index is 12.3. The fourth-order valence-electron chi connectivity index (χ4n) is 0.611. The summed E-state index contributed by atoms with van der Waals surface area (Å²) in [7, 11) is 1.84. The van der Waals surface area contributed by atoms with E-state index in [-0.39, 0.29) is 5.82 Å². The number of hydrogen-bond acceptors (Lipinski definition) is 1. The van der Waals surface area contributed by atoms with Crippen LogP contribution in [-0.2, 0) is 0 Å². The second-order valence-corrected chi connectivity index (χ2v) is 2.00. The molecule has 0 radical (unpaired) electrons. The molecule has 1 aromatic carbocycles. The Balaban J connectivity index is 3.17. The van der Waals surface area contributed by atoms with Gasteiger partial charge in [-0.1, -0.05) is 11.5 Å². The van der Waals surface area contributed by atoms with Gasteiger partial charge >= 0.3 is 0 Å². The van der Waals surface area contributed by atoms with Crippen molar-refractivity contribution in [3.05, 3.63) is 24.0 Å². The van der Waals surface area contributed by atoms with Crippen LogP contribution in [0, 0.1) is 5.82 Å². The van der Waals surface area contributed by atoms with Gasteiger partial charge in [-0.2, -0.15) is 0 Å². The van der Waals surface area contributed by atoms with E-state index in [9.17, 15) is 4.39 Å². The Morgan fingerprint density at radius 1 is 1.44 bits per heavy atom. The van der Waals surface area contributed by atoms with Crippen molar-refractivity contribution in [1.29, 1.82) is 0 Å². The Morgan fingerprint density at radius 3 is 2.56 bits per heavy atom. The average molecular weight is 123 g/mol. The lowest BCUT2D eigenvalue weighted by Crippen LogP contribution is -2.08. The van der Waals surface area contributed by atoms with Crippen molar-refractivity contribution in [3.8, 4) is 0 Å². The molecule has 0 saturated carbocycles. The van der Waals surface area contributed by atoms with Gasteiger partial charge in [-0.05, 0) is 12.1 Å². The summed E-state index contributed by atoms with van der Waals surface area (Å²) in [4.78, 5) is 0. The third-order valence-electron chi connectivity index (χ3n) is 1.24. The van der Waals surface area contributed by atoms with Crippen LogP contribution in [0.4, 0.5) is 10.1 Å². The van der Waals surface area contributed by atoms with E-state index >= 15 is 0 Å². The molecule has 2 N–H and O–H groups in total. The van der Waals surface area contributed by atoms with Gasteiger partial charge in [0, 0.05) is 5.69 Å². The molecule has 1 rings (SSSR count). The van der Waals surface area contributed by atoms with Crippen LogP contribution in [0.5, 0.6) is 0 Å². The zero-order valence-corrected chi connectivity index (χ0v) is 5.19. The first-order valence-electron chi connectivity index (χ1n) is 2.72. The van der Waals surface area contributed by atoms with Gasteiger partial charge in [0.2, 0.25) is 0 Å². The minimum atomic E-state index is -0.280. The lowest BCUT2D eigenvalue weighted by Gasteiger charge is -1.96. The largest absolute Gasteiger partial charge is 0.399 e. The quantitative estimate of drug-likeness (QED) is 0.370. The van der Waals surface area contributed by atoms with Crippen molar-refractivity contribution in [1.82, 2.24) is 0 Å². The molecule has 0 amide bonds. The van der Waals surface area contributed by atoms with Gasteiger partial charge in [0.15, 0.2) is 0 Å². The average Bonchev–Trinajstić information content (AvgIpc) is 1.80. The maximum Gasteiger partial charge on any atom is 0.142 e. The summed E-state index contributed by atoms with van der Waals surface area (Å²) in [6.07, 6.45) is 0. The van der Waals surface area contributed by atoms with Crippen LogP contribution in [0.15, 0.2) is 18.2 Å². The summed E-state index contributed by atoms with van der Waals surface area (Å²) < 4.78 is 12.3. The molecule has 0 heterocycles. The molecule has 0 aliphatic carbocycles. The first kappa shape index (κ1) is 6.14. The molecule has 0 fully saturated rings. The molecule has 0 aliphatic rings. The van der Waals surface area contributed by atoms with Gasteiger partial charge in [-0.3, -0.25) is 0 Å². The number of rotatable bonds is 0. The molecule has 0 bridgehead atoms.